The Balaban J connectivity index is 0.000000135. The standard InChI is InChI=1S/C13H16O4.C9H6IN/c14-11-6-12(15)17-13(16-11)9-2-7-1-8(4-9)5-10(13)3-7;10-9-6-11-5-7-3-1-2-4-8(7)9/h7-10H,1-6H2;1-6H/t7-,8-,9-,10+;. The van der Waals surface area contributed by atoms with Crippen molar-refractivity contribution in [3.8, 4) is 0 Å². The van der Waals surface area contributed by atoms with Crippen LogP contribution in [0.15, 0.2) is 36.7 Å². The van der Waals surface area contributed by atoms with E-state index in [0.29, 0.717) is 0 Å². The van der Waals surface area contributed by atoms with E-state index in [1.54, 1.807) is 0 Å². The number of fused-ring (bicyclic) bond motifs is 1. The van der Waals surface area contributed by atoms with Gasteiger partial charge in [-0.2, -0.15) is 0 Å². The number of carbonyl (C=O) groups is 2. The van der Waals surface area contributed by atoms with Gasteiger partial charge >= 0.3 is 11.9 Å². The van der Waals surface area contributed by atoms with E-state index in [9.17, 15) is 9.59 Å². The molecule has 146 valence electrons. The number of benzene rings is 1. The second-order valence-electron chi connectivity index (χ2n) is 8.49. The SMILES string of the molecule is Ic1cncc2ccccc12.O=C1CC(=O)OC2(O1)[C@H]1C[C@H]3C[C@H](C1)C[C@H]2C3. The molecule has 0 N–H and O–H groups in total. The minimum absolute atomic E-state index is 0.214. The molecule has 5 aliphatic rings. The summed E-state index contributed by atoms with van der Waals surface area (Å²) in [4.78, 5) is 27.2. The number of ether oxygens (including phenoxy) is 2. The van der Waals surface area contributed by atoms with Crippen molar-refractivity contribution in [2.75, 3.05) is 0 Å². The second kappa shape index (κ2) is 6.97. The lowest BCUT2D eigenvalue weighted by molar-refractivity contribution is -0.319. The van der Waals surface area contributed by atoms with E-state index >= 15 is 0 Å². The second-order valence-corrected chi connectivity index (χ2v) is 9.66. The number of hydrogen-bond donors (Lipinski definition) is 0. The van der Waals surface area contributed by atoms with Crippen LogP contribution < -0.4 is 0 Å². The lowest BCUT2D eigenvalue weighted by Gasteiger charge is -2.59. The van der Waals surface area contributed by atoms with Crippen molar-refractivity contribution in [3.05, 3.63) is 40.2 Å². The Kier molecular flexibility index (Phi) is 4.56. The van der Waals surface area contributed by atoms with Crippen molar-refractivity contribution in [2.45, 2.75) is 44.3 Å². The van der Waals surface area contributed by atoms with Gasteiger partial charge in [-0.3, -0.25) is 14.6 Å². The van der Waals surface area contributed by atoms with E-state index in [4.69, 9.17) is 9.47 Å². The van der Waals surface area contributed by atoms with E-state index in [0.717, 1.165) is 37.5 Å². The van der Waals surface area contributed by atoms with Gasteiger partial charge in [0.05, 0.1) is 0 Å². The molecule has 1 saturated heterocycles. The topological polar surface area (TPSA) is 65.5 Å². The number of halogens is 1. The van der Waals surface area contributed by atoms with Gasteiger partial charge in [-0.15, -0.1) is 0 Å². The monoisotopic (exact) mass is 491 g/mol. The van der Waals surface area contributed by atoms with Gasteiger partial charge in [0.2, 0.25) is 0 Å². The molecule has 7 rings (SSSR count). The first-order chi connectivity index (χ1) is 13.5. The zero-order chi connectivity index (χ0) is 19.3. The molecule has 4 saturated carbocycles. The normalized spacial score (nSPS) is 31.9. The van der Waals surface area contributed by atoms with Crippen LogP contribution in [0.5, 0.6) is 0 Å². The molecular formula is C22H22INO4. The average Bonchev–Trinajstić information content (AvgIpc) is 2.66. The van der Waals surface area contributed by atoms with Crippen LogP contribution in [0.1, 0.15) is 38.5 Å². The number of rotatable bonds is 0. The molecule has 0 unspecified atom stereocenters. The summed E-state index contributed by atoms with van der Waals surface area (Å²) < 4.78 is 12.3. The average molecular weight is 491 g/mol. The molecule has 0 radical (unpaired) electrons. The van der Waals surface area contributed by atoms with Gasteiger partial charge in [-0.25, -0.2) is 0 Å². The summed E-state index contributed by atoms with van der Waals surface area (Å²) in [7, 11) is 0. The summed E-state index contributed by atoms with van der Waals surface area (Å²) in [6, 6.07) is 8.26. The van der Waals surface area contributed by atoms with Crippen LogP contribution in [0.4, 0.5) is 0 Å². The Hall–Kier alpha value is -1.70. The first kappa shape index (κ1) is 18.3. The maximum atomic E-state index is 11.5. The van der Waals surface area contributed by atoms with Gasteiger partial charge in [0.1, 0.15) is 6.42 Å². The van der Waals surface area contributed by atoms with Crippen LogP contribution in [0.3, 0.4) is 0 Å². The van der Waals surface area contributed by atoms with Crippen molar-refractivity contribution in [3.63, 3.8) is 0 Å². The number of pyridine rings is 1. The molecule has 0 amide bonds. The first-order valence-corrected chi connectivity index (χ1v) is 11.0. The smallest absolute Gasteiger partial charge is 0.320 e. The summed E-state index contributed by atoms with van der Waals surface area (Å²) in [6.07, 6.45) is 9.13. The summed E-state index contributed by atoms with van der Waals surface area (Å²) >= 11 is 2.30. The van der Waals surface area contributed by atoms with Crippen LogP contribution in [0.2, 0.25) is 0 Å². The summed E-state index contributed by atoms with van der Waals surface area (Å²) in [5.41, 5.74) is 0. The Bertz CT molecular complexity index is 892. The molecule has 4 bridgehead atoms. The zero-order valence-electron chi connectivity index (χ0n) is 15.5. The van der Waals surface area contributed by atoms with E-state index in [1.807, 2.05) is 24.5 Å². The van der Waals surface area contributed by atoms with E-state index in [1.165, 1.54) is 20.8 Å². The van der Waals surface area contributed by atoms with Crippen molar-refractivity contribution < 1.29 is 19.1 Å². The van der Waals surface area contributed by atoms with Gasteiger partial charge in [0.25, 0.3) is 5.79 Å². The van der Waals surface area contributed by atoms with Crippen LogP contribution in [0, 0.1) is 27.2 Å². The number of hydrogen-bond acceptors (Lipinski definition) is 5. The van der Waals surface area contributed by atoms with E-state index < -0.39 is 17.7 Å². The predicted octanol–water partition coefficient (Wildman–Crippen LogP) is 4.47. The maximum absolute atomic E-state index is 11.5. The first-order valence-electron chi connectivity index (χ1n) is 9.95. The van der Waals surface area contributed by atoms with E-state index in [2.05, 4.69) is 39.7 Å². The number of carbonyl (C=O) groups excluding carboxylic acids is 2. The molecule has 5 fully saturated rings. The van der Waals surface area contributed by atoms with Gasteiger partial charge in [0, 0.05) is 33.2 Å². The van der Waals surface area contributed by atoms with Gasteiger partial charge < -0.3 is 9.47 Å². The summed E-state index contributed by atoms with van der Waals surface area (Å²) in [6.45, 7) is 0. The Morgan fingerprint density at radius 3 is 2.11 bits per heavy atom. The zero-order valence-corrected chi connectivity index (χ0v) is 17.6. The maximum Gasteiger partial charge on any atom is 0.320 e. The third kappa shape index (κ3) is 3.09. The molecule has 2 aromatic rings. The molecule has 5 nitrogen and oxygen atoms in total. The van der Waals surface area contributed by atoms with Crippen LogP contribution in [0.25, 0.3) is 10.8 Å². The highest BCUT2D eigenvalue weighted by molar-refractivity contribution is 14.1. The predicted molar refractivity (Wildman–Crippen MR) is 111 cm³/mol. The third-order valence-corrected chi connectivity index (χ3v) is 7.59. The van der Waals surface area contributed by atoms with Gasteiger partial charge in [-0.05, 0) is 71.9 Å². The molecule has 1 aliphatic heterocycles. The van der Waals surface area contributed by atoms with Gasteiger partial charge in [-0.1, -0.05) is 24.3 Å². The molecule has 1 aromatic heterocycles. The molecule has 2 heterocycles. The van der Waals surface area contributed by atoms with Crippen molar-refractivity contribution in [1.82, 2.24) is 4.98 Å². The highest BCUT2D eigenvalue weighted by Gasteiger charge is 2.63. The Morgan fingerprint density at radius 2 is 1.50 bits per heavy atom. The molecule has 4 aliphatic carbocycles. The number of aromatic nitrogens is 1. The lowest BCUT2D eigenvalue weighted by atomic mass is 9.53. The quantitative estimate of drug-likeness (QED) is 0.309. The highest BCUT2D eigenvalue weighted by atomic mass is 127. The Labute approximate surface area is 177 Å². The van der Waals surface area contributed by atoms with Crippen molar-refractivity contribution in [2.24, 2.45) is 23.7 Å². The largest absolute Gasteiger partial charge is 0.421 e. The third-order valence-electron chi connectivity index (χ3n) is 6.73. The fraction of sp³-hybridized carbons (Fsp3) is 0.500. The Morgan fingerprint density at radius 1 is 0.893 bits per heavy atom. The molecular weight excluding hydrogens is 469 g/mol. The van der Waals surface area contributed by atoms with E-state index in [-0.39, 0.29) is 18.3 Å². The van der Waals surface area contributed by atoms with Crippen LogP contribution in [-0.2, 0) is 19.1 Å². The fourth-order valence-electron chi connectivity index (χ4n) is 5.82. The van der Waals surface area contributed by atoms with Crippen LogP contribution >= 0.6 is 22.6 Å². The van der Waals surface area contributed by atoms with Crippen LogP contribution in [-0.4, -0.2) is 22.7 Å². The minimum atomic E-state index is -0.875. The van der Waals surface area contributed by atoms with Crippen molar-refractivity contribution in [1.29, 1.82) is 0 Å². The highest BCUT2D eigenvalue weighted by Crippen LogP contribution is 2.60. The number of nitrogens with zero attached hydrogens (tertiary/aromatic N) is 1. The molecule has 1 spiro atoms. The van der Waals surface area contributed by atoms with Crippen molar-refractivity contribution >= 4 is 45.3 Å². The minimum Gasteiger partial charge on any atom is -0.421 e. The summed E-state index contributed by atoms with van der Waals surface area (Å²) in [5.74, 6) is 0.381. The number of esters is 2. The van der Waals surface area contributed by atoms with Gasteiger partial charge in [0.15, 0.2) is 0 Å². The summed E-state index contributed by atoms with van der Waals surface area (Å²) in [5, 5.41) is 2.49. The molecule has 1 aromatic carbocycles. The molecule has 28 heavy (non-hydrogen) atoms. The molecule has 6 heteroatoms. The fourth-order valence-corrected chi connectivity index (χ4v) is 6.47. The lowest BCUT2D eigenvalue weighted by Crippen LogP contribution is -2.63. The molecule has 0 atom stereocenters.